The maximum absolute atomic E-state index is 13.5. The van der Waals surface area contributed by atoms with Gasteiger partial charge >= 0.3 is 0 Å². The highest BCUT2D eigenvalue weighted by molar-refractivity contribution is 6.51. The van der Waals surface area contributed by atoms with Crippen LogP contribution in [0.4, 0.5) is 5.69 Å². The van der Waals surface area contributed by atoms with Crippen LogP contribution in [0.3, 0.4) is 0 Å². The van der Waals surface area contributed by atoms with E-state index in [1.807, 2.05) is 27.7 Å². The maximum Gasteiger partial charge on any atom is 0.300 e. The van der Waals surface area contributed by atoms with E-state index in [1.165, 1.54) is 17.0 Å². The lowest BCUT2D eigenvalue weighted by Crippen LogP contribution is -2.29. The highest BCUT2D eigenvalue weighted by Gasteiger charge is 2.47. The molecule has 0 bridgehead atoms. The number of rotatable bonds is 10. The molecule has 2 N–H and O–H groups in total. The van der Waals surface area contributed by atoms with Gasteiger partial charge in [-0.15, -0.1) is 0 Å². The smallest absolute Gasteiger partial charge is 0.300 e. The molecule has 1 atom stereocenters. The van der Waals surface area contributed by atoms with Gasteiger partial charge in [0, 0.05) is 17.3 Å². The summed E-state index contributed by atoms with van der Waals surface area (Å²) in [6.45, 7) is 9.04. The Labute approximate surface area is 228 Å². The first-order valence-corrected chi connectivity index (χ1v) is 13.0. The molecule has 39 heavy (non-hydrogen) atoms. The first kappa shape index (κ1) is 27.6. The van der Waals surface area contributed by atoms with Gasteiger partial charge in [0.25, 0.3) is 11.7 Å². The van der Waals surface area contributed by atoms with Gasteiger partial charge in [-0.3, -0.25) is 14.5 Å². The summed E-state index contributed by atoms with van der Waals surface area (Å²) in [5.74, 6) is -0.129. The largest absolute Gasteiger partial charge is 0.508 e. The van der Waals surface area contributed by atoms with Gasteiger partial charge in [-0.1, -0.05) is 38.1 Å². The zero-order valence-electron chi connectivity index (χ0n) is 22.5. The Bertz CT molecular complexity index is 1380. The molecule has 0 aromatic heterocycles. The van der Waals surface area contributed by atoms with Crippen LogP contribution in [0.15, 0.2) is 72.3 Å². The van der Waals surface area contributed by atoms with Crippen LogP contribution in [-0.4, -0.2) is 41.7 Å². The molecule has 0 saturated carbocycles. The number of carbonyl (C=O) groups excluding carboxylic acids is 2. The van der Waals surface area contributed by atoms with E-state index in [9.17, 15) is 19.8 Å². The van der Waals surface area contributed by atoms with E-state index in [4.69, 9.17) is 14.2 Å². The number of aliphatic hydroxyl groups excluding tert-OH is 1. The van der Waals surface area contributed by atoms with Crippen LogP contribution in [0.1, 0.15) is 44.9 Å². The Morgan fingerprint density at radius 2 is 1.59 bits per heavy atom. The molecule has 0 spiro atoms. The summed E-state index contributed by atoms with van der Waals surface area (Å²) in [5.41, 5.74) is 1.21. The Kier molecular flexibility index (Phi) is 8.44. The molecular weight excluding hydrogens is 498 g/mol. The number of carbonyl (C=O) groups is 2. The number of ether oxygens (including phenoxy) is 3. The van der Waals surface area contributed by atoms with Crippen LogP contribution in [0.25, 0.3) is 5.76 Å². The van der Waals surface area contributed by atoms with Crippen molar-refractivity contribution in [3.63, 3.8) is 0 Å². The van der Waals surface area contributed by atoms with E-state index in [0.717, 1.165) is 0 Å². The minimum atomic E-state index is -0.960. The number of phenolic OH excluding ortho intramolecular Hbond substituents is 1. The molecule has 1 unspecified atom stereocenters. The van der Waals surface area contributed by atoms with Crippen LogP contribution < -0.4 is 19.1 Å². The number of nitrogens with zero attached hydrogens (tertiary/aromatic N) is 1. The van der Waals surface area contributed by atoms with Gasteiger partial charge < -0.3 is 24.4 Å². The number of ketones is 1. The van der Waals surface area contributed by atoms with Crippen LogP contribution in [-0.2, 0) is 9.59 Å². The van der Waals surface area contributed by atoms with Crippen LogP contribution >= 0.6 is 0 Å². The van der Waals surface area contributed by atoms with Gasteiger partial charge in [-0.25, -0.2) is 0 Å². The molecule has 3 aromatic rings. The molecule has 4 rings (SSSR count). The Hall–Kier alpha value is -4.46. The molecule has 3 aromatic carbocycles. The summed E-state index contributed by atoms with van der Waals surface area (Å²) < 4.78 is 17.2. The molecule has 1 saturated heterocycles. The third-order valence-electron chi connectivity index (χ3n) is 6.15. The second-order valence-corrected chi connectivity index (χ2v) is 9.49. The van der Waals surface area contributed by atoms with E-state index in [0.29, 0.717) is 59.8 Å². The van der Waals surface area contributed by atoms with Gasteiger partial charge in [0.05, 0.1) is 31.4 Å². The Morgan fingerprint density at radius 1 is 0.897 bits per heavy atom. The molecule has 0 aliphatic carbocycles. The number of anilines is 1. The number of hydrogen-bond acceptors (Lipinski definition) is 7. The number of hydrogen-bond donors (Lipinski definition) is 2. The van der Waals surface area contributed by atoms with E-state index in [-0.39, 0.29) is 17.1 Å². The summed E-state index contributed by atoms with van der Waals surface area (Å²) >= 11 is 0. The molecule has 204 valence electrons. The van der Waals surface area contributed by atoms with E-state index in [2.05, 4.69) is 0 Å². The average molecular weight is 532 g/mol. The minimum absolute atomic E-state index is 0.0328. The first-order valence-electron chi connectivity index (χ1n) is 13.0. The average Bonchev–Trinajstić information content (AvgIpc) is 3.19. The Morgan fingerprint density at radius 3 is 2.26 bits per heavy atom. The van der Waals surface area contributed by atoms with Gasteiger partial charge in [-0.2, -0.15) is 0 Å². The minimum Gasteiger partial charge on any atom is -0.508 e. The Balaban J connectivity index is 1.86. The number of phenols is 1. The summed E-state index contributed by atoms with van der Waals surface area (Å²) in [5, 5.41) is 21.3. The second kappa shape index (κ2) is 11.9. The quantitative estimate of drug-likeness (QED) is 0.192. The number of benzene rings is 3. The number of aliphatic hydroxyl groups is 1. The second-order valence-electron chi connectivity index (χ2n) is 9.49. The van der Waals surface area contributed by atoms with Crippen molar-refractivity contribution in [2.75, 3.05) is 24.7 Å². The molecular formula is C31H33NO7. The number of amides is 1. The van der Waals surface area contributed by atoms with Crippen molar-refractivity contribution in [2.24, 2.45) is 5.92 Å². The predicted octanol–water partition coefficient (Wildman–Crippen LogP) is 5.85. The predicted molar refractivity (Wildman–Crippen MR) is 148 cm³/mol. The zero-order valence-corrected chi connectivity index (χ0v) is 22.5. The lowest BCUT2D eigenvalue weighted by molar-refractivity contribution is -0.132. The van der Waals surface area contributed by atoms with Crippen LogP contribution in [0, 0.1) is 5.92 Å². The van der Waals surface area contributed by atoms with Gasteiger partial charge in [-0.05, 0) is 61.7 Å². The van der Waals surface area contributed by atoms with Gasteiger partial charge in [0.1, 0.15) is 17.3 Å². The SMILES string of the molecule is CCOc1ccc(N2C(=O)C(=O)/C(=C(/O)c3cccc(OCC(C)C)c3)C2c2ccc(O)cc2)cc1OCC. The van der Waals surface area contributed by atoms with E-state index >= 15 is 0 Å². The van der Waals surface area contributed by atoms with Gasteiger partial charge in [0.2, 0.25) is 0 Å². The maximum atomic E-state index is 13.5. The molecule has 1 amide bonds. The highest BCUT2D eigenvalue weighted by atomic mass is 16.5. The standard InChI is InChI=1S/C31H33NO7/c1-5-37-25-15-12-22(17-26(25)38-6-2)32-28(20-10-13-23(33)14-11-20)27(30(35)31(32)36)29(34)21-8-7-9-24(16-21)39-18-19(3)4/h7-17,19,28,33-34H,5-6,18H2,1-4H3/b29-27+. The lowest BCUT2D eigenvalue weighted by Gasteiger charge is -2.26. The summed E-state index contributed by atoms with van der Waals surface area (Å²) in [4.78, 5) is 28.3. The summed E-state index contributed by atoms with van der Waals surface area (Å²) in [6, 6.07) is 17.0. The zero-order chi connectivity index (χ0) is 28.1. The molecule has 1 heterocycles. The van der Waals surface area contributed by atoms with Crippen molar-refractivity contribution in [2.45, 2.75) is 33.7 Å². The monoisotopic (exact) mass is 531 g/mol. The molecule has 8 nitrogen and oxygen atoms in total. The number of Topliss-reactive ketones (excluding diaryl/α,β-unsaturated/α-hetero) is 1. The van der Waals surface area contributed by atoms with Gasteiger partial charge in [0.15, 0.2) is 11.5 Å². The molecule has 8 heteroatoms. The fourth-order valence-electron chi connectivity index (χ4n) is 4.41. The molecule has 0 radical (unpaired) electrons. The lowest BCUT2D eigenvalue weighted by atomic mass is 9.95. The summed E-state index contributed by atoms with van der Waals surface area (Å²) in [7, 11) is 0. The van der Waals surface area contributed by atoms with E-state index < -0.39 is 17.7 Å². The van der Waals surface area contributed by atoms with Crippen molar-refractivity contribution in [3.8, 4) is 23.0 Å². The fourth-order valence-corrected chi connectivity index (χ4v) is 4.41. The number of aromatic hydroxyl groups is 1. The van der Waals surface area contributed by atoms with Crippen molar-refractivity contribution >= 4 is 23.1 Å². The molecule has 1 aliphatic heterocycles. The van der Waals surface area contributed by atoms with Crippen molar-refractivity contribution in [1.82, 2.24) is 0 Å². The fraction of sp³-hybridized carbons (Fsp3) is 0.290. The van der Waals surface area contributed by atoms with Crippen molar-refractivity contribution in [3.05, 3.63) is 83.4 Å². The van der Waals surface area contributed by atoms with Crippen molar-refractivity contribution < 1.29 is 34.0 Å². The molecule has 1 fully saturated rings. The highest BCUT2D eigenvalue weighted by Crippen LogP contribution is 2.44. The summed E-state index contributed by atoms with van der Waals surface area (Å²) in [6.07, 6.45) is 0. The van der Waals surface area contributed by atoms with E-state index in [1.54, 1.807) is 54.6 Å². The van der Waals surface area contributed by atoms with Crippen LogP contribution in [0.5, 0.6) is 23.0 Å². The topological polar surface area (TPSA) is 106 Å². The first-order chi connectivity index (χ1) is 18.7. The molecule has 1 aliphatic rings. The van der Waals surface area contributed by atoms with Crippen molar-refractivity contribution in [1.29, 1.82) is 0 Å². The normalized spacial score (nSPS) is 16.5. The third-order valence-corrected chi connectivity index (χ3v) is 6.15. The van der Waals surface area contributed by atoms with Crippen LogP contribution in [0.2, 0.25) is 0 Å². The third kappa shape index (κ3) is 5.85.